The Morgan fingerprint density at radius 2 is 2.53 bits per heavy atom. The Morgan fingerprint density at radius 1 is 1.80 bits per heavy atom. The largest absolute Gasteiger partial charge is 0.361 e. The molecule has 15 heavy (non-hydrogen) atoms. The quantitative estimate of drug-likeness (QED) is 0.754. The number of nitrogens with two attached hydrogens (primary N) is 1. The smallest absolute Gasteiger partial charge is 0.273 e. The number of aromatic nitrogens is 1. The second-order valence-corrected chi connectivity index (χ2v) is 3.98. The van der Waals surface area contributed by atoms with Crippen molar-refractivity contribution in [1.82, 2.24) is 10.5 Å². The average molecular weight is 209 g/mol. The first-order valence-electron chi connectivity index (χ1n) is 5.15. The van der Waals surface area contributed by atoms with Crippen molar-refractivity contribution in [3.8, 4) is 0 Å². The van der Waals surface area contributed by atoms with Gasteiger partial charge in [-0.05, 0) is 25.7 Å². The van der Waals surface area contributed by atoms with Crippen molar-refractivity contribution in [2.45, 2.75) is 25.8 Å². The summed E-state index contributed by atoms with van der Waals surface area (Å²) in [4.78, 5) is 11.7. The molecule has 2 rings (SSSR count). The lowest BCUT2D eigenvalue weighted by molar-refractivity contribution is 0.0924. The zero-order chi connectivity index (χ0) is 10.8. The lowest BCUT2D eigenvalue weighted by Gasteiger charge is -2.14. The van der Waals surface area contributed by atoms with Crippen LogP contribution >= 0.6 is 0 Å². The third-order valence-corrected chi connectivity index (χ3v) is 2.62. The van der Waals surface area contributed by atoms with E-state index in [2.05, 4.69) is 10.5 Å². The van der Waals surface area contributed by atoms with E-state index in [-0.39, 0.29) is 11.9 Å². The molecule has 1 saturated carbocycles. The molecule has 1 aromatic rings. The highest BCUT2D eigenvalue weighted by atomic mass is 16.5. The molecule has 0 radical (unpaired) electrons. The average Bonchev–Trinajstić information content (AvgIpc) is 2.97. The van der Waals surface area contributed by atoms with Crippen LogP contribution in [0.3, 0.4) is 0 Å². The second kappa shape index (κ2) is 4.02. The van der Waals surface area contributed by atoms with E-state index < -0.39 is 0 Å². The molecule has 82 valence electrons. The minimum Gasteiger partial charge on any atom is -0.361 e. The zero-order valence-electron chi connectivity index (χ0n) is 8.69. The van der Waals surface area contributed by atoms with Crippen molar-refractivity contribution in [3.63, 3.8) is 0 Å². The van der Waals surface area contributed by atoms with Gasteiger partial charge in [-0.25, -0.2) is 0 Å². The molecule has 5 heteroatoms. The van der Waals surface area contributed by atoms with E-state index in [9.17, 15) is 4.79 Å². The summed E-state index contributed by atoms with van der Waals surface area (Å²) in [6, 6.07) is 1.70. The molecule has 0 bridgehead atoms. The van der Waals surface area contributed by atoms with Crippen LogP contribution in [0.15, 0.2) is 10.6 Å². The summed E-state index contributed by atoms with van der Waals surface area (Å²) < 4.78 is 4.83. The Balaban J connectivity index is 1.96. The predicted octanol–water partition coefficient (Wildman–Crippen LogP) is 0.450. The van der Waals surface area contributed by atoms with E-state index in [1.54, 1.807) is 13.0 Å². The van der Waals surface area contributed by atoms with E-state index in [0.29, 0.717) is 23.9 Å². The van der Waals surface area contributed by atoms with Crippen molar-refractivity contribution in [1.29, 1.82) is 0 Å². The van der Waals surface area contributed by atoms with Crippen LogP contribution in [0, 0.1) is 12.8 Å². The van der Waals surface area contributed by atoms with E-state index >= 15 is 0 Å². The minimum atomic E-state index is -0.200. The lowest BCUT2D eigenvalue weighted by Crippen LogP contribution is -2.41. The van der Waals surface area contributed by atoms with Gasteiger partial charge in [-0.3, -0.25) is 4.79 Å². The normalized spacial score (nSPS) is 17.5. The van der Waals surface area contributed by atoms with Crippen LogP contribution in [-0.2, 0) is 0 Å². The number of nitrogens with one attached hydrogen (secondary N) is 1. The molecular formula is C10H15N3O2. The molecule has 1 atom stereocenters. The molecule has 0 aliphatic heterocycles. The molecule has 1 aromatic heterocycles. The maximum Gasteiger partial charge on any atom is 0.273 e. The fourth-order valence-corrected chi connectivity index (χ4v) is 1.58. The van der Waals surface area contributed by atoms with Gasteiger partial charge in [0.25, 0.3) is 5.91 Å². The highest BCUT2D eigenvalue weighted by molar-refractivity contribution is 5.92. The molecule has 0 saturated heterocycles. The van der Waals surface area contributed by atoms with Gasteiger partial charge in [0.1, 0.15) is 5.76 Å². The number of carbonyl (C=O) groups excluding carboxylic acids is 1. The van der Waals surface area contributed by atoms with Crippen LogP contribution in [-0.4, -0.2) is 23.7 Å². The number of hydrogen-bond donors (Lipinski definition) is 2. The van der Waals surface area contributed by atoms with Gasteiger partial charge in [0.05, 0.1) is 0 Å². The molecule has 1 amide bonds. The Morgan fingerprint density at radius 3 is 3.00 bits per heavy atom. The van der Waals surface area contributed by atoms with Gasteiger partial charge in [-0.1, -0.05) is 5.16 Å². The van der Waals surface area contributed by atoms with E-state index in [4.69, 9.17) is 10.3 Å². The second-order valence-electron chi connectivity index (χ2n) is 3.98. The molecule has 3 N–H and O–H groups in total. The number of amides is 1. The summed E-state index contributed by atoms with van der Waals surface area (Å²) in [6.45, 7) is 2.23. The topological polar surface area (TPSA) is 81.2 Å². The molecular weight excluding hydrogens is 194 g/mol. The summed E-state index contributed by atoms with van der Waals surface area (Å²) in [5.41, 5.74) is 5.91. The van der Waals surface area contributed by atoms with Gasteiger partial charge in [-0.2, -0.15) is 0 Å². The molecule has 1 heterocycles. The Bertz CT molecular complexity index is 357. The minimum absolute atomic E-state index is 0.0782. The maximum atomic E-state index is 11.7. The van der Waals surface area contributed by atoms with Crippen molar-refractivity contribution < 1.29 is 9.32 Å². The Hall–Kier alpha value is -1.36. The molecule has 5 nitrogen and oxygen atoms in total. The first kappa shape index (κ1) is 10.2. The Labute approximate surface area is 88.0 Å². The van der Waals surface area contributed by atoms with Gasteiger partial charge < -0.3 is 15.6 Å². The van der Waals surface area contributed by atoms with Gasteiger partial charge in [0.2, 0.25) is 0 Å². The van der Waals surface area contributed by atoms with Crippen LogP contribution in [0.1, 0.15) is 29.1 Å². The number of rotatable bonds is 4. The van der Waals surface area contributed by atoms with Crippen LogP contribution in [0.4, 0.5) is 0 Å². The van der Waals surface area contributed by atoms with Crippen LogP contribution in [0.25, 0.3) is 0 Å². The number of carbonyl (C=O) groups is 1. The van der Waals surface area contributed by atoms with Gasteiger partial charge in [0, 0.05) is 18.7 Å². The molecule has 0 aromatic carbocycles. The van der Waals surface area contributed by atoms with Crippen molar-refractivity contribution in [3.05, 3.63) is 17.5 Å². The molecule has 0 spiro atoms. The summed E-state index contributed by atoms with van der Waals surface area (Å²) in [7, 11) is 0. The van der Waals surface area contributed by atoms with Crippen molar-refractivity contribution in [2.75, 3.05) is 6.54 Å². The van der Waals surface area contributed by atoms with Gasteiger partial charge >= 0.3 is 0 Å². The van der Waals surface area contributed by atoms with Crippen molar-refractivity contribution in [2.24, 2.45) is 11.7 Å². The monoisotopic (exact) mass is 209 g/mol. The first-order valence-corrected chi connectivity index (χ1v) is 5.15. The highest BCUT2D eigenvalue weighted by Crippen LogP contribution is 2.32. The maximum absolute atomic E-state index is 11.7. The molecule has 1 unspecified atom stereocenters. The van der Waals surface area contributed by atoms with E-state index in [0.717, 1.165) is 12.8 Å². The van der Waals surface area contributed by atoms with Gasteiger partial charge in [-0.15, -0.1) is 0 Å². The third kappa shape index (κ3) is 2.36. The molecule has 1 aliphatic carbocycles. The van der Waals surface area contributed by atoms with Crippen LogP contribution < -0.4 is 11.1 Å². The highest BCUT2D eigenvalue weighted by Gasteiger charge is 2.31. The standard InChI is InChI=1S/C10H15N3O2/c1-6-4-8(13-15-6)10(14)12-9(5-11)7-2-3-7/h4,7,9H,2-3,5,11H2,1H3,(H,12,14). The first-order chi connectivity index (χ1) is 7.20. The van der Waals surface area contributed by atoms with E-state index in [1.165, 1.54) is 0 Å². The number of hydrogen-bond acceptors (Lipinski definition) is 4. The van der Waals surface area contributed by atoms with Gasteiger partial charge in [0.15, 0.2) is 5.69 Å². The van der Waals surface area contributed by atoms with Crippen LogP contribution in [0.2, 0.25) is 0 Å². The summed E-state index contributed by atoms with van der Waals surface area (Å²) in [6.07, 6.45) is 2.31. The number of aryl methyl sites for hydroxylation is 1. The van der Waals surface area contributed by atoms with E-state index in [1.807, 2.05) is 0 Å². The Kier molecular flexibility index (Phi) is 2.73. The summed E-state index contributed by atoms with van der Waals surface area (Å²) >= 11 is 0. The van der Waals surface area contributed by atoms with Crippen LogP contribution in [0.5, 0.6) is 0 Å². The SMILES string of the molecule is Cc1cc(C(=O)NC(CN)C2CC2)no1. The fraction of sp³-hybridized carbons (Fsp3) is 0.600. The molecule has 1 fully saturated rings. The fourth-order valence-electron chi connectivity index (χ4n) is 1.58. The van der Waals surface area contributed by atoms with Crippen molar-refractivity contribution >= 4 is 5.91 Å². The molecule has 1 aliphatic rings. The predicted molar refractivity (Wildman–Crippen MR) is 54.3 cm³/mol. The number of nitrogens with zero attached hydrogens (tertiary/aromatic N) is 1. The summed E-state index contributed by atoms with van der Waals surface area (Å²) in [5.74, 6) is 0.983. The summed E-state index contributed by atoms with van der Waals surface area (Å²) in [5, 5.41) is 6.53. The zero-order valence-corrected chi connectivity index (χ0v) is 8.69. The third-order valence-electron chi connectivity index (χ3n) is 2.62. The lowest BCUT2D eigenvalue weighted by atomic mass is 10.2.